The molecule has 4 rings (SSSR count). The van der Waals surface area contributed by atoms with Gasteiger partial charge >= 0.3 is 0 Å². The minimum Gasteiger partial charge on any atom is -0.378 e. The molecule has 9 nitrogen and oxygen atoms in total. The SMILES string of the molecule is CCN1CCc2c(sc(NC(=O)c3ccc(S(=O)(=O)N(C)C)cc3)c2C(=O)N2CCOCC2)C1. The number of likely N-dealkylation sites (N-methyl/N-ethyl adjacent to an activating group) is 1. The largest absolute Gasteiger partial charge is 0.378 e. The lowest BCUT2D eigenvalue weighted by Gasteiger charge is -2.29. The monoisotopic (exact) mass is 506 g/mol. The van der Waals surface area contributed by atoms with Gasteiger partial charge in [-0.05, 0) is 42.8 Å². The number of fused-ring (bicyclic) bond motifs is 1. The van der Waals surface area contributed by atoms with Crippen molar-refractivity contribution in [3.8, 4) is 0 Å². The number of ether oxygens (including phenoxy) is 1. The Hall–Kier alpha value is -2.31. The number of rotatable bonds is 6. The molecule has 184 valence electrons. The van der Waals surface area contributed by atoms with Gasteiger partial charge in [0, 0.05) is 50.7 Å². The van der Waals surface area contributed by atoms with E-state index in [-0.39, 0.29) is 16.7 Å². The average molecular weight is 507 g/mol. The predicted octanol–water partition coefficient (Wildman–Crippen LogP) is 2.10. The van der Waals surface area contributed by atoms with E-state index >= 15 is 0 Å². The summed E-state index contributed by atoms with van der Waals surface area (Å²) in [6.45, 7) is 6.73. The maximum Gasteiger partial charge on any atom is 0.257 e. The number of carbonyl (C=O) groups excluding carboxylic acids is 2. The van der Waals surface area contributed by atoms with Crippen molar-refractivity contribution < 1.29 is 22.7 Å². The van der Waals surface area contributed by atoms with Gasteiger partial charge in [0.1, 0.15) is 5.00 Å². The summed E-state index contributed by atoms with van der Waals surface area (Å²) in [4.78, 5) is 31.9. The summed E-state index contributed by atoms with van der Waals surface area (Å²) in [6.07, 6.45) is 0.762. The second-order valence-corrected chi connectivity index (χ2v) is 11.8. The molecule has 0 saturated carbocycles. The van der Waals surface area contributed by atoms with E-state index in [0.717, 1.165) is 40.8 Å². The smallest absolute Gasteiger partial charge is 0.257 e. The quantitative estimate of drug-likeness (QED) is 0.644. The van der Waals surface area contributed by atoms with Crippen molar-refractivity contribution in [2.45, 2.75) is 24.8 Å². The Labute approximate surface area is 204 Å². The molecule has 2 aromatic rings. The van der Waals surface area contributed by atoms with Crippen LogP contribution in [0.15, 0.2) is 29.2 Å². The molecule has 0 unspecified atom stereocenters. The summed E-state index contributed by atoms with van der Waals surface area (Å²) >= 11 is 1.45. The molecule has 0 spiro atoms. The summed E-state index contributed by atoms with van der Waals surface area (Å²) in [7, 11) is -0.661. The van der Waals surface area contributed by atoms with Crippen LogP contribution in [0.2, 0.25) is 0 Å². The summed E-state index contributed by atoms with van der Waals surface area (Å²) in [5, 5.41) is 3.49. The normalized spacial score (nSPS) is 17.0. The van der Waals surface area contributed by atoms with Crippen LogP contribution in [-0.4, -0.2) is 87.8 Å². The molecular formula is C23H30N4O5S2. The van der Waals surface area contributed by atoms with Crippen LogP contribution in [0.1, 0.15) is 38.1 Å². The van der Waals surface area contributed by atoms with Crippen LogP contribution in [-0.2, 0) is 27.7 Å². The highest BCUT2D eigenvalue weighted by molar-refractivity contribution is 7.89. The Balaban J connectivity index is 1.62. The Morgan fingerprint density at radius 2 is 1.79 bits per heavy atom. The zero-order chi connectivity index (χ0) is 24.5. The number of benzene rings is 1. The standard InChI is InChI=1S/C23H30N4O5S2/c1-4-26-10-9-18-19(15-26)33-22(20(18)23(29)27-11-13-32-14-12-27)24-21(28)16-5-7-17(8-6-16)34(30,31)25(2)3/h5-8H,4,9-15H2,1-3H3,(H,24,28). The van der Waals surface area contributed by atoms with Gasteiger partial charge in [0.25, 0.3) is 11.8 Å². The number of hydrogen-bond donors (Lipinski definition) is 1. The van der Waals surface area contributed by atoms with E-state index in [9.17, 15) is 18.0 Å². The maximum atomic E-state index is 13.5. The zero-order valence-corrected chi connectivity index (χ0v) is 21.3. The third-order valence-electron chi connectivity index (χ3n) is 6.22. The molecule has 0 aliphatic carbocycles. The van der Waals surface area contributed by atoms with E-state index in [2.05, 4.69) is 17.1 Å². The molecule has 0 atom stereocenters. The van der Waals surface area contributed by atoms with Crippen molar-refractivity contribution in [2.75, 3.05) is 58.8 Å². The fraction of sp³-hybridized carbons (Fsp3) is 0.478. The van der Waals surface area contributed by atoms with E-state index in [0.29, 0.717) is 42.4 Å². The van der Waals surface area contributed by atoms with Crippen LogP contribution in [0.4, 0.5) is 5.00 Å². The zero-order valence-electron chi connectivity index (χ0n) is 19.7. The van der Waals surface area contributed by atoms with E-state index in [4.69, 9.17) is 4.74 Å². The first-order valence-corrected chi connectivity index (χ1v) is 13.6. The van der Waals surface area contributed by atoms with Crippen LogP contribution in [0.25, 0.3) is 0 Å². The fourth-order valence-corrected chi connectivity index (χ4v) is 6.31. The number of amides is 2. The van der Waals surface area contributed by atoms with Gasteiger partial charge in [-0.1, -0.05) is 6.92 Å². The van der Waals surface area contributed by atoms with E-state index in [1.807, 2.05) is 0 Å². The molecule has 2 aliphatic heterocycles. The van der Waals surface area contributed by atoms with Gasteiger partial charge in [0.2, 0.25) is 10.0 Å². The molecule has 2 aliphatic rings. The summed E-state index contributed by atoms with van der Waals surface area (Å²) in [5.41, 5.74) is 1.93. The molecule has 1 fully saturated rings. The lowest BCUT2D eigenvalue weighted by molar-refractivity contribution is 0.0303. The van der Waals surface area contributed by atoms with Crippen LogP contribution < -0.4 is 5.32 Å². The lowest BCUT2D eigenvalue weighted by Crippen LogP contribution is -2.41. The maximum absolute atomic E-state index is 13.5. The Morgan fingerprint density at radius 3 is 2.41 bits per heavy atom. The number of morpholine rings is 1. The molecule has 11 heteroatoms. The van der Waals surface area contributed by atoms with E-state index < -0.39 is 10.0 Å². The molecule has 3 heterocycles. The molecular weight excluding hydrogens is 476 g/mol. The van der Waals surface area contributed by atoms with Crippen molar-refractivity contribution >= 4 is 38.2 Å². The van der Waals surface area contributed by atoms with Gasteiger partial charge < -0.3 is 15.0 Å². The highest BCUT2D eigenvalue weighted by Crippen LogP contribution is 2.38. The van der Waals surface area contributed by atoms with Gasteiger partial charge in [-0.15, -0.1) is 11.3 Å². The Morgan fingerprint density at radius 1 is 1.12 bits per heavy atom. The minimum absolute atomic E-state index is 0.0755. The highest BCUT2D eigenvalue weighted by Gasteiger charge is 2.31. The summed E-state index contributed by atoms with van der Waals surface area (Å²) in [5.74, 6) is -0.454. The van der Waals surface area contributed by atoms with Crippen molar-refractivity contribution in [3.05, 3.63) is 45.8 Å². The van der Waals surface area contributed by atoms with Gasteiger partial charge in [0.15, 0.2) is 0 Å². The van der Waals surface area contributed by atoms with Crippen molar-refractivity contribution in [1.29, 1.82) is 0 Å². The predicted molar refractivity (Wildman–Crippen MR) is 131 cm³/mol. The molecule has 1 aromatic carbocycles. The minimum atomic E-state index is -3.58. The van der Waals surface area contributed by atoms with Crippen LogP contribution in [0.5, 0.6) is 0 Å². The Bertz CT molecular complexity index is 1170. The molecule has 0 radical (unpaired) electrons. The number of anilines is 1. The molecule has 1 N–H and O–H groups in total. The summed E-state index contributed by atoms with van der Waals surface area (Å²) in [6, 6.07) is 5.81. The molecule has 2 amide bonds. The number of carbonyl (C=O) groups is 2. The van der Waals surface area contributed by atoms with Crippen molar-refractivity contribution in [2.24, 2.45) is 0 Å². The number of sulfonamides is 1. The first kappa shape index (κ1) is 24.8. The fourth-order valence-electron chi connectivity index (χ4n) is 4.13. The summed E-state index contributed by atoms with van der Waals surface area (Å²) < 4.78 is 31.1. The number of thiophene rings is 1. The van der Waals surface area contributed by atoms with Gasteiger partial charge in [0.05, 0.1) is 23.7 Å². The van der Waals surface area contributed by atoms with Crippen LogP contribution in [0.3, 0.4) is 0 Å². The van der Waals surface area contributed by atoms with Gasteiger partial charge in [-0.2, -0.15) is 0 Å². The topological polar surface area (TPSA) is 99.3 Å². The highest BCUT2D eigenvalue weighted by atomic mass is 32.2. The number of hydrogen-bond acceptors (Lipinski definition) is 7. The second-order valence-electron chi connectivity index (χ2n) is 8.50. The first-order chi connectivity index (χ1) is 16.2. The van der Waals surface area contributed by atoms with Crippen molar-refractivity contribution in [3.63, 3.8) is 0 Å². The Kier molecular flexibility index (Phi) is 7.39. The van der Waals surface area contributed by atoms with Crippen LogP contribution in [0, 0.1) is 0 Å². The first-order valence-electron chi connectivity index (χ1n) is 11.3. The van der Waals surface area contributed by atoms with Crippen LogP contribution >= 0.6 is 11.3 Å². The van der Waals surface area contributed by atoms with E-state index in [1.165, 1.54) is 49.7 Å². The van der Waals surface area contributed by atoms with Gasteiger partial charge in [-0.3, -0.25) is 14.5 Å². The molecule has 34 heavy (non-hydrogen) atoms. The van der Waals surface area contributed by atoms with Crippen molar-refractivity contribution in [1.82, 2.24) is 14.1 Å². The van der Waals surface area contributed by atoms with E-state index in [1.54, 1.807) is 4.90 Å². The number of nitrogens with one attached hydrogen (secondary N) is 1. The second kappa shape index (κ2) is 10.1. The number of nitrogens with zero attached hydrogens (tertiary/aromatic N) is 3. The molecule has 1 saturated heterocycles. The molecule has 0 bridgehead atoms. The lowest BCUT2D eigenvalue weighted by atomic mass is 10.0. The third kappa shape index (κ3) is 4.89. The third-order valence-corrected chi connectivity index (χ3v) is 9.18. The van der Waals surface area contributed by atoms with Gasteiger partial charge in [-0.25, -0.2) is 12.7 Å². The average Bonchev–Trinajstić information content (AvgIpc) is 3.20. The molecule has 1 aromatic heterocycles.